The Morgan fingerprint density at radius 1 is 1.69 bits per heavy atom. The molecule has 5 heteroatoms. The summed E-state index contributed by atoms with van der Waals surface area (Å²) in [6, 6.07) is 3.45. The number of carbonyl (C=O) groups excluding carboxylic acids is 1. The molecule has 1 aromatic rings. The fourth-order valence-electron chi connectivity index (χ4n) is 0.999. The van der Waals surface area contributed by atoms with Gasteiger partial charge in [-0.05, 0) is 6.07 Å². The predicted molar refractivity (Wildman–Crippen MR) is 51.1 cm³/mol. The van der Waals surface area contributed by atoms with E-state index in [4.69, 9.17) is 11.5 Å². The standard InChI is InChI=1S/C8H12N4O/c1-12(5-8(10)13)6-2-3-11-7(9)4-6/h2-4H,5H2,1H3,(H2,9,11)(H2,10,13). The van der Waals surface area contributed by atoms with Crippen LogP contribution in [0.4, 0.5) is 11.5 Å². The molecule has 0 aromatic carbocycles. The van der Waals surface area contributed by atoms with Crippen molar-refractivity contribution in [3.63, 3.8) is 0 Å². The van der Waals surface area contributed by atoms with Crippen LogP contribution in [-0.4, -0.2) is 24.5 Å². The zero-order valence-corrected chi connectivity index (χ0v) is 7.40. The average Bonchev–Trinajstić information content (AvgIpc) is 2.03. The maximum Gasteiger partial charge on any atom is 0.236 e. The second kappa shape index (κ2) is 3.75. The summed E-state index contributed by atoms with van der Waals surface area (Å²) in [4.78, 5) is 16.1. The Morgan fingerprint density at radius 2 is 2.38 bits per heavy atom. The van der Waals surface area contributed by atoms with E-state index in [1.54, 1.807) is 30.3 Å². The number of pyridine rings is 1. The number of carbonyl (C=O) groups is 1. The van der Waals surface area contributed by atoms with Gasteiger partial charge in [-0.1, -0.05) is 0 Å². The number of rotatable bonds is 3. The van der Waals surface area contributed by atoms with Crippen molar-refractivity contribution in [3.8, 4) is 0 Å². The largest absolute Gasteiger partial charge is 0.384 e. The van der Waals surface area contributed by atoms with Crippen LogP contribution >= 0.6 is 0 Å². The third-order valence-electron chi connectivity index (χ3n) is 1.60. The zero-order chi connectivity index (χ0) is 9.84. The Morgan fingerprint density at radius 3 is 2.92 bits per heavy atom. The zero-order valence-electron chi connectivity index (χ0n) is 7.40. The first-order valence-corrected chi connectivity index (χ1v) is 3.80. The van der Waals surface area contributed by atoms with Crippen LogP contribution in [0.2, 0.25) is 0 Å². The third-order valence-corrected chi connectivity index (χ3v) is 1.60. The molecule has 0 fully saturated rings. The SMILES string of the molecule is CN(CC(N)=O)c1ccnc(N)c1. The summed E-state index contributed by atoms with van der Waals surface area (Å²) in [7, 11) is 1.76. The fraction of sp³-hybridized carbons (Fsp3) is 0.250. The first-order chi connectivity index (χ1) is 6.09. The van der Waals surface area contributed by atoms with Crippen molar-refractivity contribution in [3.05, 3.63) is 18.3 Å². The Labute approximate surface area is 76.3 Å². The summed E-state index contributed by atoms with van der Waals surface area (Å²) in [5.41, 5.74) is 11.3. The molecular weight excluding hydrogens is 168 g/mol. The Balaban J connectivity index is 2.76. The molecule has 0 aliphatic rings. The van der Waals surface area contributed by atoms with Crippen molar-refractivity contribution < 1.29 is 4.79 Å². The van der Waals surface area contributed by atoms with E-state index in [-0.39, 0.29) is 12.5 Å². The van der Waals surface area contributed by atoms with E-state index in [0.29, 0.717) is 5.82 Å². The van der Waals surface area contributed by atoms with Gasteiger partial charge in [-0.15, -0.1) is 0 Å². The van der Waals surface area contributed by atoms with Crippen molar-refractivity contribution in [2.45, 2.75) is 0 Å². The van der Waals surface area contributed by atoms with Gasteiger partial charge in [0, 0.05) is 25.0 Å². The van der Waals surface area contributed by atoms with Gasteiger partial charge in [0.2, 0.25) is 5.91 Å². The minimum atomic E-state index is -0.377. The fourth-order valence-corrected chi connectivity index (χ4v) is 0.999. The summed E-state index contributed by atoms with van der Waals surface area (Å²) in [6.07, 6.45) is 1.59. The third kappa shape index (κ3) is 2.62. The number of nitrogens with zero attached hydrogens (tertiary/aromatic N) is 2. The first-order valence-electron chi connectivity index (χ1n) is 3.80. The van der Waals surface area contributed by atoms with Crippen molar-refractivity contribution >= 4 is 17.4 Å². The van der Waals surface area contributed by atoms with Gasteiger partial charge < -0.3 is 16.4 Å². The van der Waals surface area contributed by atoms with Gasteiger partial charge in [-0.3, -0.25) is 4.79 Å². The number of hydrogen-bond acceptors (Lipinski definition) is 4. The molecule has 1 aromatic heterocycles. The van der Waals surface area contributed by atoms with Crippen molar-refractivity contribution in [2.75, 3.05) is 24.2 Å². The maximum atomic E-state index is 10.6. The highest BCUT2D eigenvalue weighted by molar-refractivity contribution is 5.79. The maximum absolute atomic E-state index is 10.6. The number of likely N-dealkylation sites (N-methyl/N-ethyl adjacent to an activating group) is 1. The van der Waals surface area contributed by atoms with Crippen molar-refractivity contribution in [1.29, 1.82) is 0 Å². The second-order valence-corrected chi connectivity index (χ2v) is 2.76. The summed E-state index contributed by atoms with van der Waals surface area (Å²) < 4.78 is 0. The molecule has 0 aliphatic heterocycles. The Kier molecular flexibility index (Phi) is 2.69. The highest BCUT2D eigenvalue weighted by Crippen LogP contribution is 2.12. The van der Waals surface area contributed by atoms with Crippen LogP contribution in [0, 0.1) is 0 Å². The molecule has 0 saturated carbocycles. The van der Waals surface area contributed by atoms with Gasteiger partial charge in [-0.2, -0.15) is 0 Å². The van der Waals surface area contributed by atoms with Crippen molar-refractivity contribution in [2.24, 2.45) is 5.73 Å². The van der Waals surface area contributed by atoms with Crippen molar-refractivity contribution in [1.82, 2.24) is 4.98 Å². The van der Waals surface area contributed by atoms with Crippen LogP contribution in [0.5, 0.6) is 0 Å². The van der Waals surface area contributed by atoms with Gasteiger partial charge in [-0.25, -0.2) is 4.98 Å². The van der Waals surface area contributed by atoms with E-state index < -0.39 is 0 Å². The second-order valence-electron chi connectivity index (χ2n) is 2.76. The summed E-state index contributed by atoms with van der Waals surface area (Å²) >= 11 is 0. The van der Waals surface area contributed by atoms with Crippen LogP contribution in [0.3, 0.4) is 0 Å². The molecule has 13 heavy (non-hydrogen) atoms. The van der Waals surface area contributed by atoms with Crippen LogP contribution in [0.1, 0.15) is 0 Å². The normalized spacial score (nSPS) is 9.62. The van der Waals surface area contributed by atoms with Crippen LogP contribution in [0.25, 0.3) is 0 Å². The van der Waals surface area contributed by atoms with E-state index in [1.807, 2.05) is 0 Å². The first kappa shape index (κ1) is 9.31. The highest BCUT2D eigenvalue weighted by atomic mass is 16.1. The highest BCUT2D eigenvalue weighted by Gasteiger charge is 2.03. The lowest BCUT2D eigenvalue weighted by Gasteiger charge is -2.16. The molecule has 70 valence electrons. The van der Waals surface area contributed by atoms with Gasteiger partial charge in [0.15, 0.2) is 0 Å². The molecule has 5 nitrogen and oxygen atoms in total. The molecular formula is C8H12N4O. The molecule has 0 unspecified atom stereocenters. The lowest BCUT2D eigenvalue weighted by atomic mass is 10.3. The summed E-state index contributed by atoms with van der Waals surface area (Å²) in [5, 5.41) is 0. The molecule has 0 bridgehead atoms. The summed E-state index contributed by atoms with van der Waals surface area (Å²) in [6.45, 7) is 0.170. The van der Waals surface area contributed by atoms with E-state index in [2.05, 4.69) is 4.98 Å². The number of nitrogen functional groups attached to an aromatic ring is 1. The van der Waals surface area contributed by atoms with E-state index in [1.165, 1.54) is 0 Å². The predicted octanol–water partition coefficient (Wildman–Crippen LogP) is -0.415. The van der Waals surface area contributed by atoms with Gasteiger partial charge in [0.25, 0.3) is 0 Å². The lowest BCUT2D eigenvalue weighted by Crippen LogP contribution is -2.30. The van der Waals surface area contributed by atoms with Gasteiger partial charge >= 0.3 is 0 Å². The van der Waals surface area contributed by atoms with Gasteiger partial charge in [0.1, 0.15) is 5.82 Å². The monoisotopic (exact) mass is 180 g/mol. The minimum absolute atomic E-state index is 0.170. The molecule has 0 atom stereocenters. The number of primary amides is 1. The van der Waals surface area contributed by atoms with E-state index in [9.17, 15) is 4.79 Å². The number of hydrogen-bond donors (Lipinski definition) is 2. The van der Waals surface area contributed by atoms with Gasteiger partial charge in [0.05, 0.1) is 6.54 Å². The molecule has 0 radical (unpaired) electrons. The number of nitrogens with two attached hydrogens (primary N) is 2. The van der Waals surface area contributed by atoms with Crippen LogP contribution < -0.4 is 16.4 Å². The number of anilines is 2. The van der Waals surface area contributed by atoms with E-state index in [0.717, 1.165) is 5.69 Å². The summed E-state index contributed by atoms with van der Waals surface area (Å²) in [5.74, 6) is 0.0479. The molecule has 0 spiro atoms. The molecule has 1 heterocycles. The molecule has 0 aliphatic carbocycles. The minimum Gasteiger partial charge on any atom is -0.384 e. The number of amides is 1. The Bertz CT molecular complexity index is 313. The molecule has 4 N–H and O–H groups in total. The Hall–Kier alpha value is -1.78. The van der Waals surface area contributed by atoms with Crippen LogP contribution in [0.15, 0.2) is 18.3 Å². The molecule has 1 rings (SSSR count). The molecule has 0 saturated heterocycles. The average molecular weight is 180 g/mol. The lowest BCUT2D eigenvalue weighted by molar-refractivity contribution is -0.116. The van der Waals surface area contributed by atoms with Crippen LogP contribution in [-0.2, 0) is 4.79 Å². The molecule has 1 amide bonds. The number of aromatic nitrogens is 1. The van der Waals surface area contributed by atoms with E-state index >= 15 is 0 Å². The smallest absolute Gasteiger partial charge is 0.236 e. The quantitative estimate of drug-likeness (QED) is 0.661. The topological polar surface area (TPSA) is 85.2 Å².